The lowest BCUT2D eigenvalue weighted by Gasteiger charge is -2.14. The summed E-state index contributed by atoms with van der Waals surface area (Å²) in [7, 11) is 0. The van der Waals surface area contributed by atoms with Crippen LogP contribution < -0.4 is 15.6 Å². The maximum absolute atomic E-state index is 12.3. The smallest absolute Gasteiger partial charge is 0.355 e. The molecular weight excluding hydrogens is 360 g/mol. The first-order valence-electron chi connectivity index (χ1n) is 8.84. The predicted molar refractivity (Wildman–Crippen MR) is 106 cm³/mol. The summed E-state index contributed by atoms with van der Waals surface area (Å²) in [4.78, 5) is 39.2. The molecule has 3 rings (SSSR count). The van der Waals surface area contributed by atoms with E-state index in [-0.39, 0.29) is 5.69 Å². The van der Waals surface area contributed by atoms with Crippen molar-refractivity contribution in [3.63, 3.8) is 0 Å². The summed E-state index contributed by atoms with van der Waals surface area (Å²) in [5.41, 5.74) is 0.149. The van der Waals surface area contributed by atoms with Crippen LogP contribution in [0.3, 0.4) is 0 Å². The maximum Gasteiger partial charge on any atom is 0.355 e. The molecule has 1 aromatic heterocycles. The summed E-state index contributed by atoms with van der Waals surface area (Å²) in [5.74, 6) is -0.571. The maximum atomic E-state index is 12.3. The van der Waals surface area contributed by atoms with E-state index < -0.39 is 23.5 Å². The Bertz CT molecular complexity index is 1060. The number of carbonyl (C=O) groups is 2. The van der Waals surface area contributed by atoms with E-state index in [1.54, 1.807) is 48.5 Å². The number of aromatic nitrogens is 1. The van der Waals surface area contributed by atoms with E-state index in [1.807, 2.05) is 6.92 Å². The van der Waals surface area contributed by atoms with Gasteiger partial charge in [-0.1, -0.05) is 18.2 Å². The third-order valence-corrected chi connectivity index (χ3v) is 4.06. The minimum atomic E-state index is -1.05. The molecule has 0 fully saturated rings. The number of pyridine rings is 1. The number of fused-ring (bicyclic) bond motifs is 1. The van der Waals surface area contributed by atoms with E-state index in [4.69, 9.17) is 9.47 Å². The van der Waals surface area contributed by atoms with Gasteiger partial charge in [-0.2, -0.15) is 0 Å². The highest BCUT2D eigenvalue weighted by atomic mass is 16.5. The number of hydrogen-bond donors (Lipinski definition) is 2. The van der Waals surface area contributed by atoms with Crippen LogP contribution in [0.2, 0.25) is 0 Å². The Kier molecular flexibility index (Phi) is 5.74. The second-order valence-corrected chi connectivity index (χ2v) is 6.09. The van der Waals surface area contributed by atoms with Crippen molar-refractivity contribution < 1.29 is 19.1 Å². The summed E-state index contributed by atoms with van der Waals surface area (Å²) in [6.45, 7) is 3.89. The number of carbonyl (C=O) groups excluding carboxylic acids is 2. The monoisotopic (exact) mass is 380 g/mol. The van der Waals surface area contributed by atoms with Gasteiger partial charge in [-0.25, -0.2) is 4.79 Å². The molecular formula is C21H20N2O5. The van der Waals surface area contributed by atoms with Crippen molar-refractivity contribution in [1.29, 1.82) is 0 Å². The number of benzene rings is 2. The Hall–Kier alpha value is -3.61. The average Bonchev–Trinajstić information content (AvgIpc) is 2.69. The SMILES string of the molecule is CCOc1ccc(NC(=O)[C@H](C)OC(=O)c2cc3ccccc3c(=O)[nH]2)cc1. The molecule has 0 bridgehead atoms. The van der Waals surface area contributed by atoms with E-state index in [0.29, 0.717) is 28.8 Å². The number of esters is 1. The van der Waals surface area contributed by atoms with Crippen molar-refractivity contribution in [2.75, 3.05) is 11.9 Å². The molecule has 1 atom stereocenters. The third kappa shape index (κ3) is 4.37. The van der Waals surface area contributed by atoms with Crippen molar-refractivity contribution in [2.24, 2.45) is 0 Å². The Morgan fingerprint density at radius 1 is 1.11 bits per heavy atom. The van der Waals surface area contributed by atoms with Gasteiger partial charge < -0.3 is 19.8 Å². The van der Waals surface area contributed by atoms with Crippen LogP contribution in [0.5, 0.6) is 5.75 Å². The van der Waals surface area contributed by atoms with Crippen LogP contribution in [0.25, 0.3) is 10.8 Å². The van der Waals surface area contributed by atoms with E-state index in [0.717, 1.165) is 0 Å². The van der Waals surface area contributed by atoms with E-state index in [2.05, 4.69) is 10.3 Å². The van der Waals surface area contributed by atoms with Gasteiger partial charge in [0.2, 0.25) is 0 Å². The van der Waals surface area contributed by atoms with E-state index >= 15 is 0 Å². The molecule has 28 heavy (non-hydrogen) atoms. The number of amides is 1. The van der Waals surface area contributed by atoms with Crippen LogP contribution in [-0.2, 0) is 9.53 Å². The van der Waals surface area contributed by atoms with Crippen molar-refractivity contribution in [1.82, 2.24) is 4.98 Å². The molecule has 0 aliphatic heterocycles. The minimum Gasteiger partial charge on any atom is -0.494 e. The molecule has 0 saturated carbocycles. The summed E-state index contributed by atoms with van der Waals surface area (Å²) >= 11 is 0. The molecule has 0 saturated heterocycles. The quantitative estimate of drug-likeness (QED) is 0.641. The number of rotatable bonds is 6. The van der Waals surface area contributed by atoms with Crippen LogP contribution in [0.4, 0.5) is 5.69 Å². The van der Waals surface area contributed by atoms with Crippen molar-refractivity contribution in [2.45, 2.75) is 20.0 Å². The zero-order valence-corrected chi connectivity index (χ0v) is 15.5. The number of H-pyrrole nitrogens is 1. The zero-order valence-electron chi connectivity index (χ0n) is 15.5. The normalized spacial score (nSPS) is 11.6. The van der Waals surface area contributed by atoms with E-state index in [9.17, 15) is 14.4 Å². The van der Waals surface area contributed by atoms with Crippen molar-refractivity contribution in [3.05, 3.63) is 70.6 Å². The van der Waals surface area contributed by atoms with Crippen LogP contribution >= 0.6 is 0 Å². The lowest BCUT2D eigenvalue weighted by atomic mass is 10.1. The zero-order chi connectivity index (χ0) is 20.1. The first-order valence-corrected chi connectivity index (χ1v) is 8.84. The van der Waals surface area contributed by atoms with Gasteiger partial charge in [-0.15, -0.1) is 0 Å². The minimum absolute atomic E-state index is 0.00980. The van der Waals surface area contributed by atoms with Crippen molar-refractivity contribution >= 4 is 28.3 Å². The standard InChI is InChI=1S/C21H20N2O5/c1-3-27-16-10-8-15(9-11-16)22-19(24)13(2)28-21(26)18-12-14-6-4-5-7-17(14)20(25)23-18/h4-13H,3H2,1-2H3,(H,22,24)(H,23,25)/t13-/m0/s1. The predicted octanol–water partition coefficient (Wildman–Crippen LogP) is 3.11. The number of hydrogen-bond acceptors (Lipinski definition) is 5. The second kappa shape index (κ2) is 8.39. The van der Waals surface area contributed by atoms with Gasteiger partial charge in [0, 0.05) is 11.1 Å². The fourth-order valence-electron chi connectivity index (χ4n) is 2.64. The van der Waals surface area contributed by atoms with Crippen LogP contribution in [-0.4, -0.2) is 29.6 Å². The molecule has 2 N–H and O–H groups in total. The lowest BCUT2D eigenvalue weighted by molar-refractivity contribution is -0.123. The molecule has 0 radical (unpaired) electrons. The average molecular weight is 380 g/mol. The fraction of sp³-hybridized carbons (Fsp3) is 0.190. The van der Waals surface area contributed by atoms with Gasteiger partial charge in [0.05, 0.1) is 6.61 Å². The summed E-state index contributed by atoms with van der Waals surface area (Å²) < 4.78 is 10.5. The Morgan fingerprint density at radius 3 is 2.54 bits per heavy atom. The van der Waals surface area contributed by atoms with Gasteiger partial charge in [0.1, 0.15) is 11.4 Å². The molecule has 2 aromatic carbocycles. The highest BCUT2D eigenvalue weighted by molar-refractivity contribution is 5.98. The van der Waals surface area contributed by atoms with Gasteiger partial charge in [-0.05, 0) is 55.6 Å². The molecule has 0 spiro atoms. The first-order chi connectivity index (χ1) is 13.5. The van der Waals surface area contributed by atoms with Crippen LogP contribution in [0.1, 0.15) is 24.3 Å². The first kappa shape index (κ1) is 19.2. The Labute approximate surface area is 161 Å². The van der Waals surface area contributed by atoms with Crippen LogP contribution in [0, 0.1) is 0 Å². The molecule has 0 aliphatic carbocycles. The molecule has 0 unspecified atom stereocenters. The molecule has 3 aromatic rings. The highest BCUT2D eigenvalue weighted by Crippen LogP contribution is 2.16. The lowest BCUT2D eigenvalue weighted by Crippen LogP contribution is -2.30. The van der Waals surface area contributed by atoms with Crippen LogP contribution in [0.15, 0.2) is 59.4 Å². The van der Waals surface area contributed by atoms with Gasteiger partial charge in [0.15, 0.2) is 6.10 Å². The summed E-state index contributed by atoms with van der Waals surface area (Å²) in [6.07, 6.45) is -1.05. The fourth-order valence-corrected chi connectivity index (χ4v) is 2.64. The number of ether oxygens (including phenoxy) is 2. The molecule has 1 amide bonds. The van der Waals surface area contributed by atoms with E-state index in [1.165, 1.54) is 13.0 Å². The third-order valence-electron chi connectivity index (χ3n) is 4.06. The van der Waals surface area contributed by atoms with Crippen molar-refractivity contribution in [3.8, 4) is 5.75 Å². The number of anilines is 1. The topological polar surface area (TPSA) is 97.5 Å². The van der Waals surface area contributed by atoms with Gasteiger partial charge in [0.25, 0.3) is 11.5 Å². The Balaban J connectivity index is 1.66. The molecule has 7 heteroatoms. The number of aromatic amines is 1. The molecule has 0 aliphatic rings. The second-order valence-electron chi connectivity index (χ2n) is 6.09. The number of nitrogens with one attached hydrogen (secondary N) is 2. The molecule has 1 heterocycles. The largest absolute Gasteiger partial charge is 0.494 e. The summed E-state index contributed by atoms with van der Waals surface area (Å²) in [5, 5.41) is 3.75. The highest BCUT2D eigenvalue weighted by Gasteiger charge is 2.20. The van der Waals surface area contributed by atoms with Gasteiger partial charge >= 0.3 is 5.97 Å². The van der Waals surface area contributed by atoms with Gasteiger partial charge in [-0.3, -0.25) is 9.59 Å². The molecule has 144 valence electrons. The summed E-state index contributed by atoms with van der Waals surface area (Å²) in [6, 6.07) is 15.3. The molecule has 7 nitrogen and oxygen atoms in total. The Morgan fingerprint density at radius 2 is 1.82 bits per heavy atom.